The summed E-state index contributed by atoms with van der Waals surface area (Å²) in [6.45, 7) is 9.46. The van der Waals surface area contributed by atoms with Crippen molar-refractivity contribution in [3.63, 3.8) is 0 Å². The van der Waals surface area contributed by atoms with Gasteiger partial charge in [-0.1, -0.05) is 13.8 Å². The van der Waals surface area contributed by atoms with Crippen LogP contribution in [0.2, 0.25) is 0 Å². The number of H-pyrrole nitrogens is 1. The Kier molecular flexibility index (Phi) is 5.07. The first-order chi connectivity index (χ1) is 10.1. The molecule has 21 heavy (non-hydrogen) atoms. The largest absolute Gasteiger partial charge is 0.494 e. The molecule has 0 aliphatic rings. The minimum absolute atomic E-state index is 0.350. The molecule has 1 aromatic heterocycles. The standard InChI is InChI=1S/C16H22N2O2S/c1-5-19-12-7-8-15(20-6-2)13(9-12)18-14(11(3)4)10-17-16(18)21/h7-11H,5-6H2,1-4H3,(H,17,21). The van der Waals surface area contributed by atoms with Crippen molar-refractivity contribution in [3.05, 3.63) is 34.9 Å². The Morgan fingerprint density at radius 3 is 2.52 bits per heavy atom. The lowest BCUT2D eigenvalue weighted by atomic mass is 10.1. The molecule has 0 radical (unpaired) electrons. The van der Waals surface area contributed by atoms with Crippen molar-refractivity contribution in [3.8, 4) is 17.2 Å². The molecule has 4 nitrogen and oxygen atoms in total. The molecule has 5 heteroatoms. The summed E-state index contributed by atoms with van der Waals surface area (Å²) in [6.07, 6.45) is 1.95. The molecule has 114 valence electrons. The van der Waals surface area contributed by atoms with E-state index in [0.29, 0.717) is 23.9 Å². The molecule has 0 atom stereocenters. The molecular weight excluding hydrogens is 284 g/mol. The molecule has 0 unspecified atom stereocenters. The molecule has 0 saturated carbocycles. The number of ether oxygens (including phenoxy) is 2. The van der Waals surface area contributed by atoms with Crippen LogP contribution in [0, 0.1) is 4.77 Å². The fourth-order valence-electron chi connectivity index (χ4n) is 2.26. The van der Waals surface area contributed by atoms with Gasteiger partial charge in [-0.25, -0.2) is 0 Å². The van der Waals surface area contributed by atoms with Crippen LogP contribution >= 0.6 is 12.2 Å². The monoisotopic (exact) mass is 306 g/mol. The molecule has 0 aliphatic heterocycles. The van der Waals surface area contributed by atoms with Crippen LogP contribution in [0.3, 0.4) is 0 Å². The topological polar surface area (TPSA) is 39.2 Å². The number of hydrogen-bond donors (Lipinski definition) is 1. The van der Waals surface area contributed by atoms with E-state index in [1.54, 1.807) is 0 Å². The summed E-state index contributed by atoms with van der Waals surface area (Å²) in [5.74, 6) is 1.97. The quantitative estimate of drug-likeness (QED) is 0.801. The van der Waals surface area contributed by atoms with Gasteiger partial charge in [-0.2, -0.15) is 0 Å². The van der Waals surface area contributed by atoms with Gasteiger partial charge in [0.15, 0.2) is 4.77 Å². The molecule has 0 fully saturated rings. The van der Waals surface area contributed by atoms with E-state index in [0.717, 1.165) is 22.9 Å². The van der Waals surface area contributed by atoms with E-state index in [1.165, 1.54) is 0 Å². The summed E-state index contributed by atoms with van der Waals surface area (Å²) in [4.78, 5) is 3.12. The van der Waals surface area contributed by atoms with E-state index in [1.807, 2.05) is 42.8 Å². The summed E-state index contributed by atoms with van der Waals surface area (Å²) in [6, 6.07) is 5.83. The highest BCUT2D eigenvalue weighted by molar-refractivity contribution is 7.71. The van der Waals surface area contributed by atoms with Gasteiger partial charge in [-0.3, -0.25) is 4.57 Å². The van der Waals surface area contributed by atoms with Crippen LogP contribution in [0.25, 0.3) is 5.69 Å². The third-order valence-electron chi connectivity index (χ3n) is 3.18. The van der Waals surface area contributed by atoms with Crippen molar-refractivity contribution in [2.45, 2.75) is 33.6 Å². The van der Waals surface area contributed by atoms with Gasteiger partial charge in [-0.05, 0) is 44.1 Å². The van der Waals surface area contributed by atoms with E-state index in [9.17, 15) is 0 Å². The van der Waals surface area contributed by atoms with E-state index in [2.05, 4.69) is 18.8 Å². The minimum atomic E-state index is 0.350. The normalized spacial score (nSPS) is 10.9. The van der Waals surface area contributed by atoms with Crippen molar-refractivity contribution in [1.29, 1.82) is 0 Å². The summed E-state index contributed by atoms with van der Waals surface area (Å²) >= 11 is 5.44. The Hall–Kier alpha value is -1.75. The number of nitrogens with zero attached hydrogens (tertiary/aromatic N) is 1. The van der Waals surface area contributed by atoms with Crippen LogP contribution in [0.1, 0.15) is 39.3 Å². The molecule has 0 bridgehead atoms. The minimum Gasteiger partial charge on any atom is -0.494 e. The first-order valence-corrected chi connectivity index (χ1v) is 7.69. The lowest BCUT2D eigenvalue weighted by Gasteiger charge is -2.16. The predicted molar refractivity (Wildman–Crippen MR) is 87.4 cm³/mol. The number of hydrogen-bond acceptors (Lipinski definition) is 3. The number of nitrogens with one attached hydrogen (secondary N) is 1. The third kappa shape index (κ3) is 3.29. The molecule has 0 amide bonds. The second kappa shape index (κ2) is 6.80. The van der Waals surface area contributed by atoms with Gasteiger partial charge >= 0.3 is 0 Å². The van der Waals surface area contributed by atoms with Crippen molar-refractivity contribution >= 4 is 12.2 Å². The van der Waals surface area contributed by atoms with Crippen LogP contribution in [0.15, 0.2) is 24.4 Å². The van der Waals surface area contributed by atoms with Crippen molar-refractivity contribution in [2.75, 3.05) is 13.2 Å². The van der Waals surface area contributed by atoms with Gasteiger partial charge in [0.25, 0.3) is 0 Å². The summed E-state index contributed by atoms with van der Waals surface area (Å²) < 4.78 is 14.0. The zero-order valence-corrected chi connectivity index (χ0v) is 13.8. The van der Waals surface area contributed by atoms with Crippen LogP contribution in [0.5, 0.6) is 11.5 Å². The molecule has 1 heterocycles. The zero-order valence-electron chi connectivity index (χ0n) is 13.0. The number of aromatic nitrogens is 2. The first-order valence-electron chi connectivity index (χ1n) is 7.28. The SMILES string of the molecule is CCOc1ccc(OCC)c(-n2c(C(C)C)c[nH]c2=S)c1. The van der Waals surface area contributed by atoms with Crippen LogP contribution in [0.4, 0.5) is 0 Å². The van der Waals surface area contributed by atoms with Gasteiger partial charge < -0.3 is 14.5 Å². The Labute approximate surface area is 130 Å². The van der Waals surface area contributed by atoms with Gasteiger partial charge in [0.05, 0.1) is 18.9 Å². The first kappa shape index (κ1) is 15.6. The average Bonchev–Trinajstić information content (AvgIpc) is 2.83. The highest BCUT2D eigenvalue weighted by Crippen LogP contribution is 2.31. The summed E-state index contributed by atoms with van der Waals surface area (Å²) in [5, 5.41) is 0. The second-order valence-electron chi connectivity index (χ2n) is 5.00. The lowest BCUT2D eigenvalue weighted by Crippen LogP contribution is -2.06. The van der Waals surface area contributed by atoms with Crippen LogP contribution in [-0.2, 0) is 0 Å². The number of imidazole rings is 1. The maximum Gasteiger partial charge on any atom is 0.182 e. The average molecular weight is 306 g/mol. The molecule has 0 saturated heterocycles. The Morgan fingerprint density at radius 1 is 1.19 bits per heavy atom. The molecule has 0 spiro atoms. The predicted octanol–water partition coefficient (Wildman–Crippen LogP) is 4.46. The lowest BCUT2D eigenvalue weighted by molar-refractivity contribution is 0.329. The molecule has 0 aliphatic carbocycles. The van der Waals surface area contributed by atoms with Gasteiger partial charge in [-0.15, -0.1) is 0 Å². The number of aromatic amines is 1. The number of rotatable bonds is 6. The van der Waals surface area contributed by atoms with Crippen molar-refractivity contribution in [1.82, 2.24) is 9.55 Å². The fourth-order valence-corrected chi connectivity index (χ4v) is 2.52. The van der Waals surface area contributed by atoms with Crippen LogP contribution < -0.4 is 9.47 Å². The van der Waals surface area contributed by atoms with Crippen molar-refractivity contribution < 1.29 is 9.47 Å². The van der Waals surface area contributed by atoms with Gasteiger partial charge in [0, 0.05) is 18.0 Å². The molecule has 1 N–H and O–H groups in total. The maximum atomic E-state index is 5.75. The highest BCUT2D eigenvalue weighted by Gasteiger charge is 2.15. The second-order valence-corrected chi connectivity index (χ2v) is 5.39. The van der Waals surface area contributed by atoms with Gasteiger partial charge in [0.2, 0.25) is 0 Å². The van der Waals surface area contributed by atoms with Crippen LogP contribution in [-0.4, -0.2) is 22.8 Å². The van der Waals surface area contributed by atoms with E-state index in [-0.39, 0.29) is 0 Å². The molecule has 1 aromatic carbocycles. The summed E-state index contributed by atoms with van der Waals surface area (Å²) in [7, 11) is 0. The molecule has 2 rings (SSSR count). The molecule has 2 aromatic rings. The highest BCUT2D eigenvalue weighted by atomic mass is 32.1. The summed E-state index contributed by atoms with van der Waals surface area (Å²) in [5.41, 5.74) is 2.03. The Bertz CT molecular complexity index is 659. The van der Waals surface area contributed by atoms with E-state index in [4.69, 9.17) is 21.7 Å². The third-order valence-corrected chi connectivity index (χ3v) is 3.48. The van der Waals surface area contributed by atoms with Crippen molar-refractivity contribution in [2.24, 2.45) is 0 Å². The fraction of sp³-hybridized carbons (Fsp3) is 0.438. The smallest absolute Gasteiger partial charge is 0.182 e. The van der Waals surface area contributed by atoms with E-state index < -0.39 is 0 Å². The Morgan fingerprint density at radius 2 is 1.90 bits per heavy atom. The Balaban J connectivity index is 2.62. The number of benzene rings is 1. The molecular formula is C16H22N2O2S. The van der Waals surface area contributed by atoms with E-state index >= 15 is 0 Å². The van der Waals surface area contributed by atoms with Gasteiger partial charge in [0.1, 0.15) is 11.5 Å². The zero-order chi connectivity index (χ0) is 15.4. The maximum absolute atomic E-state index is 5.75.